The second-order valence-corrected chi connectivity index (χ2v) is 3.60. The quantitative estimate of drug-likeness (QED) is 0.588. The first-order chi connectivity index (χ1) is 8.71. The van der Waals surface area contributed by atoms with E-state index in [0.29, 0.717) is 18.3 Å². The van der Waals surface area contributed by atoms with Crippen LogP contribution in [0.25, 0.3) is 0 Å². The molecule has 0 saturated heterocycles. The molecular formula is C12H20ClN5O. The molecule has 2 N–H and O–H groups in total. The van der Waals surface area contributed by atoms with Crippen molar-refractivity contribution in [3.63, 3.8) is 0 Å². The van der Waals surface area contributed by atoms with E-state index in [9.17, 15) is 0 Å². The first kappa shape index (κ1) is 17.3. The van der Waals surface area contributed by atoms with Crippen LogP contribution >= 0.6 is 12.4 Å². The zero-order chi connectivity index (χ0) is 13.4. The highest BCUT2D eigenvalue weighted by Crippen LogP contribution is 2.17. The third-order valence-electron chi connectivity index (χ3n) is 2.21. The summed E-state index contributed by atoms with van der Waals surface area (Å²) < 4.78 is 0. The normalized spacial score (nSPS) is 9.16. The molecule has 0 aliphatic rings. The van der Waals surface area contributed by atoms with E-state index in [2.05, 4.69) is 33.4 Å². The van der Waals surface area contributed by atoms with Gasteiger partial charge in [0.2, 0.25) is 5.95 Å². The molecule has 0 bridgehead atoms. The van der Waals surface area contributed by atoms with Crippen LogP contribution in [0.4, 0.5) is 17.6 Å². The molecule has 0 unspecified atom stereocenters. The molecule has 0 spiro atoms. The van der Waals surface area contributed by atoms with E-state index in [1.807, 2.05) is 6.07 Å². The molecule has 0 aromatic carbocycles. The van der Waals surface area contributed by atoms with E-state index >= 15 is 0 Å². The fraction of sp³-hybridized carbons (Fsp3) is 0.500. The maximum atomic E-state index is 5.20. The Morgan fingerprint density at radius 1 is 1.42 bits per heavy atom. The van der Waals surface area contributed by atoms with Gasteiger partial charge in [-0.2, -0.15) is 9.97 Å². The second-order valence-electron chi connectivity index (χ2n) is 3.60. The van der Waals surface area contributed by atoms with Crippen molar-refractivity contribution in [2.24, 2.45) is 0 Å². The minimum atomic E-state index is 0. The van der Waals surface area contributed by atoms with Crippen LogP contribution in [0.15, 0.2) is 6.07 Å². The first-order valence-electron chi connectivity index (χ1n) is 5.79. The molecule has 1 rings (SSSR count). The molecule has 0 saturated carbocycles. The van der Waals surface area contributed by atoms with Gasteiger partial charge in [-0.15, -0.1) is 18.8 Å². The van der Waals surface area contributed by atoms with E-state index in [-0.39, 0.29) is 12.4 Å². The van der Waals surface area contributed by atoms with Gasteiger partial charge in [-0.3, -0.25) is 4.84 Å². The number of hydrogen-bond acceptors (Lipinski definition) is 6. The summed E-state index contributed by atoms with van der Waals surface area (Å²) in [6.07, 6.45) is 6.22. The summed E-state index contributed by atoms with van der Waals surface area (Å²) in [4.78, 5) is 13.7. The predicted molar refractivity (Wildman–Crippen MR) is 80.8 cm³/mol. The highest BCUT2D eigenvalue weighted by Gasteiger charge is 2.07. The van der Waals surface area contributed by atoms with Crippen LogP contribution in [0, 0.1) is 12.3 Å². The summed E-state index contributed by atoms with van der Waals surface area (Å²) in [5.74, 6) is 4.36. The van der Waals surface area contributed by atoms with Gasteiger partial charge in [0.05, 0.1) is 13.7 Å². The van der Waals surface area contributed by atoms with Crippen molar-refractivity contribution in [1.29, 1.82) is 0 Å². The van der Waals surface area contributed by atoms with Crippen LogP contribution in [-0.2, 0) is 4.84 Å². The second kappa shape index (κ2) is 9.25. The zero-order valence-electron chi connectivity index (χ0n) is 11.4. The topological polar surface area (TPSA) is 62.3 Å². The highest BCUT2D eigenvalue weighted by molar-refractivity contribution is 5.85. The smallest absolute Gasteiger partial charge is 0.227 e. The maximum absolute atomic E-state index is 5.20. The Kier molecular flexibility index (Phi) is 8.42. The zero-order valence-corrected chi connectivity index (χ0v) is 12.3. The number of terminal acetylenes is 1. The van der Waals surface area contributed by atoms with Gasteiger partial charge in [-0.05, 0) is 6.42 Å². The number of nitrogens with one attached hydrogen (secondary N) is 2. The van der Waals surface area contributed by atoms with Gasteiger partial charge < -0.3 is 10.6 Å². The third-order valence-corrected chi connectivity index (χ3v) is 2.21. The van der Waals surface area contributed by atoms with Gasteiger partial charge in [0.25, 0.3) is 0 Å². The average molecular weight is 286 g/mol. The van der Waals surface area contributed by atoms with E-state index in [1.165, 1.54) is 0 Å². The molecular weight excluding hydrogens is 266 g/mol. The van der Waals surface area contributed by atoms with Crippen LogP contribution in [0.3, 0.4) is 0 Å². The summed E-state index contributed by atoms with van der Waals surface area (Å²) >= 11 is 0. The number of nitrogens with zero attached hydrogens (tertiary/aromatic N) is 3. The standard InChI is InChI=1S/C12H19N5O.ClH/c1-5-7-13-10-9-11(17(3)18-4)16-12(15-10)14-8-6-2;/h2,9H,5,7-8H2,1,3-4H3,(H2,13,14,15,16);1H. The fourth-order valence-corrected chi connectivity index (χ4v) is 1.24. The summed E-state index contributed by atoms with van der Waals surface area (Å²) in [5, 5.41) is 7.71. The van der Waals surface area contributed by atoms with E-state index in [4.69, 9.17) is 11.3 Å². The van der Waals surface area contributed by atoms with Gasteiger partial charge in [0.1, 0.15) is 5.82 Å². The summed E-state index contributed by atoms with van der Waals surface area (Å²) in [7, 11) is 3.35. The third kappa shape index (κ3) is 5.64. The predicted octanol–water partition coefficient (Wildman–Crippen LogP) is 1.76. The van der Waals surface area contributed by atoms with Crippen molar-refractivity contribution in [2.45, 2.75) is 13.3 Å². The minimum Gasteiger partial charge on any atom is -0.370 e. The molecule has 0 aliphatic heterocycles. The molecule has 7 heteroatoms. The van der Waals surface area contributed by atoms with E-state index in [0.717, 1.165) is 18.8 Å². The van der Waals surface area contributed by atoms with Crippen LogP contribution in [0.5, 0.6) is 0 Å². The van der Waals surface area contributed by atoms with Crippen molar-refractivity contribution < 1.29 is 4.84 Å². The van der Waals surface area contributed by atoms with E-state index < -0.39 is 0 Å². The number of hydroxylamine groups is 1. The Morgan fingerprint density at radius 3 is 2.74 bits per heavy atom. The lowest BCUT2D eigenvalue weighted by Gasteiger charge is -2.16. The summed E-state index contributed by atoms with van der Waals surface area (Å²) in [6, 6.07) is 1.82. The molecule has 0 radical (unpaired) electrons. The Balaban J connectivity index is 0.00000324. The number of anilines is 3. The average Bonchev–Trinajstić information content (AvgIpc) is 2.41. The minimum absolute atomic E-state index is 0. The van der Waals surface area contributed by atoms with Crippen LogP contribution < -0.4 is 15.7 Å². The molecule has 0 aliphatic carbocycles. The van der Waals surface area contributed by atoms with Gasteiger partial charge >= 0.3 is 0 Å². The molecule has 0 atom stereocenters. The number of hydrogen-bond donors (Lipinski definition) is 2. The number of halogens is 1. The SMILES string of the molecule is C#CCNc1nc(NCCC)cc(N(C)OC)n1.Cl. The van der Waals surface area contributed by atoms with Crippen LogP contribution in [-0.4, -0.2) is 37.2 Å². The van der Waals surface area contributed by atoms with Gasteiger partial charge in [-0.1, -0.05) is 12.8 Å². The van der Waals surface area contributed by atoms with Crippen LogP contribution in [0.1, 0.15) is 13.3 Å². The Labute approximate surface area is 120 Å². The van der Waals surface area contributed by atoms with Gasteiger partial charge in [0.15, 0.2) is 5.82 Å². The Hall–Kier alpha value is -1.71. The van der Waals surface area contributed by atoms with Crippen molar-refractivity contribution >= 4 is 30.0 Å². The molecule has 19 heavy (non-hydrogen) atoms. The summed E-state index contributed by atoms with van der Waals surface area (Å²) in [5.41, 5.74) is 0. The summed E-state index contributed by atoms with van der Waals surface area (Å²) in [6.45, 7) is 3.32. The van der Waals surface area contributed by atoms with Crippen molar-refractivity contribution in [2.75, 3.05) is 42.9 Å². The van der Waals surface area contributed by atoms with Gasteiger partial charge in [0, 0.05) is 19.7 Å². The van der Waals surface area contributed by atoms with E-state index in [1.54, 1.807) is 19.2 Å². The van der Waals surface area contributed by atoms with Crippen LogP contribution in [0.2, 0.25) is 0 Å². The molecule has 0 amide bonds. The molecule has 0 fully saturated rings. The Bertz CT molecular complexity index is 421. The number of rotatable bonds is 7. The molecule has 106 valence electrons. The van der Waals surface area contributed by atoms with Crippen molar-refractivity contribution in [3.8, 4) is 12.3 Å². The molecule has 1 aromatic rings. The first-order valence-corrected chi connectivity index (χ1v) is 5.79. The lowest BCUT2D eigenvalue weighted by molar-refractivity contribution is 0.182. The molecule has 1 heterocycles. The highest BCUT2D eigenvalue weighted by atomic mass is 35.5. The molecule has 6 nitrogen and oxygen atoms in total. The largest absolute Gasteiger partial charge is 0.370 e. The monoisotopic (exact) mass is 285 g/mol. The Morgan fingerprint density at radius 2 is 2.16 bits per heavy atom. The molecule has 1 aromatic heterocycles. The fourth-order valence-electron chi connectivity index (χ4n) is 1.24. The number of aromatic nitrogens is 2. The maximum Gasteiger partial charge on any atom is 0.227 e. The van der Waals surface area contributed by atoms with Crippen molar-refractivity contribution in [1.82, 2.24) is 9.97 Å². The van der Waals surface area contributed by atoms with Crippen molar-refractivity contribution in [3.05, 3.63) is 6.07 Å². The lowest BCUT2D eigenvalue weighted by atomic mass is 10.4. The van der Waals surface area contributed by atoms with Gasteiger partial charge in [-0.25, -0.2) is 5.06 Å². The lowest BCUT2D eigenvalue weighted by Crippen LogP contribution is -2.18.